The van der Waals surface area contributed by atoms with Gasteiger partial charge in [0.05, 0.1) is 0 Å². The minimum absolute atomic E-state index is 0.426. The van der Waals surface area contributed by atoms with Crippen molar-refractivity contribution < 1.29 is 0 Å². The molecule has 1 fully saturated rings. The van der Waals surface area contributed by atoms with Crippen molar-refractivity contribution in [1.82, 2.24) is 10.3 Å². The van der Waals surface area contributed by atoms with E-state index in [-0.39, 0.29) is 0 Å². The van der Waals surface area contributed by atoms with Crippen molar-refractivity contribution in [3.05, 3.63) is 29.6 Å². The standard InChI is InChI=1S/C16H26N2S2/c1-5-8-17-16(14-7-6-11(2)18-9-14)15-10-19-12(3)13(4)20-15/h6-7,9,12-13,15-17H,5,8,10H2,1-4H3. The first-order chi connectivity index (χ1) is 9.61. The predicted molar refractivity (Wildman–Crippen MR) is 92.8 cm³/mol. The molecule has 0 aromatic carbocycles. The molecule has 1 aromatic rings. The zero-order chi connectivity index (χ0) is 14.5. The van der Waals surface area contributed by atoms with Crippen molar-refractivity contribution in [3.8, 4) is 0 Å². The molecule has 112 valence electrons. The molecule has 0 amide bonds. The first kappa shape index (κ1) is 16.2. The van der Waals surface area contributed by atoms with E-state index in [1.165, 1.54) is 17.7 Å². The number of hydrogen-bond acceptors (Lipinski definition) is 4. The highest BCUT2D eigenvalue weighted by Gasteiger charge is 2.31. The van der Waals surface area contributed by atoms with E-state index in [0.717, 1.165) is 22.7 Å². The van der Waals surface area contributed by atoms with Gasteiger partial charge in [-0.1, -0.05) is 26.8 Å². The SMILES string of the molecule is CCCNC(c1ccc(C)nc1)C1CSC(C)C(C)S1. The molecule has 1 N–H and O–H groups in total. The Hall–Kier alpha value is -0.190. The largest absolute Gasteiger partial charge is 0.309 e. The van der Waals surface area contributed by atoms with Crippen LogP contribution in [-0.4, -0.2) is 33.0 Å². The molecule has 0 bridgehead atoms. The van der Waals surface area contributed by atoms with Gasteiger partial charge >= 0.3 is 0 Å². The van der Waals surface area contributed by atoms with E-state index < -0.39 is 0 Å². The maximum absolute atomic E-state index is 4.48. The van der Waals surface area contributed by atoms with E-state index in [2.05, 4.69) is 72.9 Å². The molecule has 2 nitrogen and oxygen atoms in total. The zero-order valence-electron chi connectivity index (χ0n) is 12.9. The van der Waals surface area contributed by atoms with Gasteiger partial charge in [0, 0.05) is 39.4 Å². The van der Waals surface area contributed by atoms with Crippen LogP contribution in [0, 0.1) is 6.92 Å². The molecule has 0 aliphatic carbocycles. The molecule has 2 rings (SSSR count). The Bertz CT molecular complexity index is 407. The van der Waals surface area contributed by atoms with Gasteiger partial charge < -0.3 is 5.32 Å². The minimum atomic E-state index is 0.426. The summed E-state index contributed by atoms with van der Waals surface area (Å²) in [5, 5.41) is 5.87. The number of hydrogen-bond donors (Lipinski definition) is 1. The van der Waals surface area contributed by atoms with Crippen LogP contribution in [0.2, 0.25) is 0 Å². The molecule has 4 heteroatoms. The second kappa shape index (κ2) is 7.71. The summed E-state index contributed by atoms with van der Waals surface area (Å²) in [7, 11) is 0. The summed E-state index contributed by atoms with van der Waals surface area (Å²) >= 11 is 4.25. The van der Waals surface area contributed by atoms with Crippen LogP contribution in [-0.2, 0) is 0 Å². The van der Waals surface area contributed by atoms with E-state index in [1.807, 2.05) is 6.92 Å². The summed E-state index contributed by atoms with van der Waals surface area (Å²) in [5.41, 5.74) is 2.43. The molecule has 20 heavy (non-hydrogen) atoms. The average molecular weight is 311 g/mol. The van der Waals surface area contributed by atoms with Crippen LogP contribution < -0.4 is 5.32 Å². The molecule has 4 unspecified atom stereocenters. The van der Waals surface area contributed by atoms with Crippen molar-refractivity contribution in [3.63, 3.8) is 0 Å². The Kier molecular flexibility index (Phi) is 6.24. The molecule has 1 aliphatic rings. The lowest BCUT2D eigenvalue weighted by atomic mass is 10.1. The Morgan fingerprint density at radius 2 is 2.15 bits per heavy atom. The minimum Gasteiger partial charge on any atom is -0.309 e. The van der Waals surface area contributed by atoms with Crippen molar-refractivity contribution in [2.75, 3.05) is 12.3 Å². The quantitative estimate of drug-likeness (QED) is 0.886. The van der Waals surface area contributed by atoms with E-state index in [4.69, 9.17) is 0 Å². The molecule has 1 aromatic heterocycles. The summed E-state index contributed by atoms with van der Waals surface area (Å²) < 4.78 is 0. The number of thioether (sulfide) groups is 2. The highest BCUT2D eigenvalue weighted by Crippen LogP contribution is 2.40. The molecular weight excluding hydrogens is 284 g/mol. The highest BCUT2D eigenvalue weighted by molar-refractivity contribution is 8.07. The van der Waals surface area contributed by atoms with E-state index >= 15 is 0 Å². The van der Waals surface area contributed by atoms with Gasteiger partial charge in [-0.2, -0.15) is 23.5 Å². The van der Waals surface area contributed by atoms with Crippen LogP contribution in [0.25, 0.3) is 0 Å². The fourth-order valence-electron chi connectivity index (χ4n) is 2.41. The molecule has 1 saturated heterocycles. The number of rotatable bonds is 5. The summed E-state index contributed by atoms with van der Waals surface area (Å²) in [4.78, 5) is 4.48. The molecular formula is C16H26N2S2. The third-order valence-electron chi connectivity index (χ3n) is 3.85. The summed E-state index contributed by atoms with van der Waals surface area (Å²) in [6.45, 7) is 10.1. The van der Waals surface area contributed by atoms with E-state index in [9.17, 15) is 0 Å². The molecule has 4 atom stereocenters. The maximum atomic E-state index is 4.48. The van der Waals surface area contributed by atoms with Crippen molar-refractivity contribution in [1.29, 1.82) is 0 Å². The number of aromatic nitrogens is 1. The smallest absolute Gasteiger partial charge is 0.0464 e. The van der Waals surface area contributed by atoms with Gasteiger partial charge in [-0.3, -0.25) is 4.98 Å². The topological polar surface area (TPSA) is 24.9 Å². The lowest BCUT2D eigenvalue weighted by Gasteiger charge is -2.36. The first-order valence-corrected chi connectivity index (χ1v) is 9.54. The molecule has 1 aliphatic heterocycles. The number of pyridine rings is 1. The number of aryl methyl sites for hydroxylation is 1. The normalized spacial score (nSPS) is 28.3. The van der Waals surface area contributed by atoms with Crippen LogP contribution >= 0.6 is 23.5 Å². The monoisotopic (exact) mass is 310 g/mol. The lowest BCUT2D eigenvalue weighted by molar-refractivity contribution is 0.526. The maximum Gasteiger partial charge on any atom is 0.0464 e. The summed E-state index contributed by atoms with van der Waals surface area (Å²) in [6, 6.07) is 4.79. The van der Waals surface area contributed by atoms with Gasteiger partial charge in [0.1, 0.15) is 0 Å². The van der Waals surface area contributed by atoms with Crippen molar-refractivity contribution in [2.45, 2.75) is 55.9 Å². The highest BCUT2D eigenvalue weighted by atomic mass is 32.2. The third kappa shape index (κ3) is 4.15. The number of nitrogens with zero attached hydrogens (tertiary/aromatic N) is 1. The van der Waals surface area contributed by atoms with Gasteiger partial charge in [-0.05, 0) is 31.5 Å². The van der Waals surface area contributed by atoms with Crippen molar-refractivity contribution in [2.24, 2.45) is 0 Å². The van der Waals surface area contributed by atoms with Gasteiger partial charge in [-0.25, -0.2) is 0 Å². The Balaban J connectivity index is 2.12. The molecule has 0 saturated carbocycles. The fraction of sp³-hybridized carbons (Fsp3) is 0.688. The van der Waals surface area contributed by atoms with Gasteiger partial charge in [0.15, 0.2) is 0 Å². The van der Waals surface area contributed by atoms with Crippen LogP contribution in [0.1, 0.15) is 44.5 Å². The van der Waals surface area contributed by atoms with Gasteiger partial charge in [-0.15, -0.1) is 0 Å². The second-order valence-corrected chi connectivity index (χ2v) is 8.61. The number of nitrogens with one attached hydrogen (secondary N) is 1. The first-order valence-electron chi connectivity index (χ1n) is 7.54. The Morgan fingerprint density at radius 3 is 2.75 bits per heavy atom. The van der Waals surface area contributed by atoms with Crippen LogP contribution in [0.4, 0.5) is 0 Å². The molecule has 0 spiro atoms. The second-order valence-electron chi connectivity index (χ2n) is 5.58. The zero-order valence-corrected chi connectivity index (χ0v) is 14.6. The van der Waals surface area contributed by atoms with Crippen molar-refractivity contribution >= 4 is 23.5 Å². The third-order valence-corrected chi connectivity index (χ3v) is 7.35. The van der Waals surface area contributed by atoms with Gasteiger partial charge in [0.25, 0.3) is 0 Å². The molecule has 0 radical (unpaired) electrons. The Morgan fingerprint density at radius 1 is 1.35 bits per heavy atom. The summed E-state index contributed by atoms with van der Waals surface area (Å²) in [5.74, 6) is 1.23. The predicted octanol–water partition coefficient (Wildman–Crippen LogP) is 4.06. The average Bonchev–Trinajstić information content (AvgIpc) is 2.45. The summed E-state index contributed by atoms with van der Waals surface area (Å²) in [6.07, 6.45) is 3.23. The van der Waals surface area contributed by atoms with Crippen LogP contribution in [0.5, 0.6) is 0 Å². The van der Waals surface area contributed by atoms with E-state index in [1.54, 1.807) is 0 Å². The Labute approximate surface area is 131 Å². The van der Waals surface area contributed by atoms with Gasteiger partial charge in [0.2, 0.25) is 0 Å². The fourth-order valence-corrected chi connectivity index (χ4v) is 5.53. The van der Waals surface area contributed by atoms with Crippen LogP contribution in [0.3, 0.4) is 0 Å². The lowest BCUT2D eigenvalue weighted by Crippen LogP contribution is -2.37. The molecule has 2 heterocycles. The van der Waals surface area contributed by atoms with E-state index in [0.29, 0.717) is 11.3 Å². The van der Waals surface area contributed by atoms with Crippen LogP contribution in [0.15, 0.2) is 18.3 Å².